The standard InChI is InChI=1S/C16H13N3.C2H6/c17-14-6-9-15(10-7-14)18-19-16-8-5-12-3-1-2-4-13(12)11-16;1-2/h1-11H,17H2;1-2H3. The molecule has 0 aliphatic carbocycles. The Kier molecular flexibility index (Phi) is 5.04. The van der Waals surface area contributed by atoms with E-state index in [1.807, 2.05) is 68.4 Å². The lowest BCUT2D eigenvalue weighted by Gasteiger charge is -1.98. The van der Waals surface area contributed by atoms with E-state index in [2.05, 4.69) is 22.4 Å². The Bertz CT molecular complexity index is 731. The van der Waals surface area contributed by atoms with Gasteiger partial charge in [0, 0.05) is 5.69 Å². The molecule has 21 heavy (non-hydrogen) atoms. The van der Waals surface area contributed by atoms with Gasteiger partial charge < -0.3 is 5.73 Å². The van der Waals surface area contributed by atoms with Gasteiger partial charge in [0.05, 0.1) is 11.4 Å². The molecule has 0 aliphatic heterocycles. The van der Waals surface area contributed by atoms with Crippen molar-refractivity contribution in [1.82, 2.24) is 0 Å². The molecule has 3 aromatic carbocycles. The normalized spacial score (nSPS) is 10.4. The van der Waals surface area contributed by atoms with E-state index in [-0.39, 0.29) is 0 Å². The van der Waals surface area contributed by atoms with Crippen molar-refractivity contribution in [2.45, 2.75) is 13.8 Å². The minimum Gasteiger partial charge on any atom is -0.399 e. The topological polar surface area (TPSA) is 50.7 Å². The monoisotopic (exact) mass is 277 g/mol. The van der Waals surface area contributed by atoms with E-state index in [1.54, 1.807) is 0 Å². The summed E-state index contributed by atoms with van der Waals surface area (Å²) in [6.45, 7) is 4.00. The van der Waals surface area contributed by atoms with Gasteiger partial charge in [-0.2, -0.15) is 10.2 Å². The molecule has 0 aromatic heterocycles. The highest BCUT2D eigenvalue weighted by molar-refractivity contribution is 5.85. The number of nitrogens with zero attached hydrogens (tertiary/aromatic N) is 2. The minimum atomic E-state index is 0.727. The summed E-state index contributed by atoms with van der Waals surface area (Å²) >= 11 is 0. The summed E-state index contributed by atoms with van der Waals surface area (Å²) in [7, 11) is 0. The molecule has 0 saturated carbocycles. The first-order valence-electron chi connectivity index (χ1n) is 7.07. The number of benzene rings is 3. The lowest BCUT2D eigenvalue weighted by atomic mass is 10.1. The summed E-state index contributed by atoms with van der Waals surface area (Å²) in [6.07, 6.45) is 0. The van der Waals surface area contributed by atoms with Crippen LogP contribution in [0.25, 0.3) is 10.8 Å². The summed E-state index contributed by atoms with van der Waals surface area (Å²) in [5.74, 6) is 0. The second-order valence-electron chi connectivity index (χ2n) is 4.32. The maximum Gasteiger partial charge on any atom is 0.0863 e. The Morgan fingerprint density at radius 2 is 1.24 bits per heavy atom. The van der Waals surface area contributed by atoms with Crippen molar-refractivity contribution in [3.05, 3.63) is 66.7 Å². The third-order valence-corrected chi connectivity index (χ3v) is 2.91. The maximum atomic E-state index is 5.62. The third kappa shape index (κ3) is 3.89. The molecular weight excluding hydrogens is 258 g/mol. The van der Waals surface area contributed by atoms with Crippen molar-refractivity contribution >= 4 is 27.8 Å². The van der Waals surface area contributed by atoms with Crippen LogP contribution in [0, 0.1) is 0 Å². The van der Waals surface area contributed by atoms with Gasteiger partial charge in [-0.3, -0.25) is 0 Å². The number of hydrogen-bond donors (Lipinski definition) is 1. The molecule has 0 unspecified atom stereocenters. The first-order valence-corrected chi connectivity index (χ1v) is 7.07. The molecule has 0 bridgehead atoms. The lowest BCUT2D eigenvalue weighted by Crippen LogP contribution is -1.80. The van der Waals surface area contributed by atoms with Gasteiger partial charge in [0.2, 0.25) is 0 Å². The highest BCUT2D eigenvalue weighted by atomic mass is 15.1. The smallest absolute Gasteiger partial charge is 0.0863 e. The van der Waals surface area contributed by atoms with E-state index in [9.17, 15) is 0 Å². The molecule has 0 atom stereocenters. The summed E-state index contributed by atoms with van der Waals surface area (Å²) in [5, 5.41) is 10.8. The van der Waals surface area contributed by atoms with Crippen molar-refractivity contribution < 1.29 is 0 Å². The number of hydrogen-bond acceptors (Lipinski definition) is 3. The van der Waals surface area contributed by atoms with Gasteiger partial charge in [-0.25, -0.2) is 0 Å². The van der Waals surface area contributed by atoms with E-state index < -0.39 is 0 Å². The van der Waals surface area contributed by atoms with E-state index in [0.29, 0.717) is 0 Å². The molecule has 3 rings (SSSR count). The van der Waals surface area contributed by atoms with Gasteiger partial charge in [-0.15, -0.1) is 0 Å². The average molecular weight is 277 g/mol. The fourth-order valence-electron chi connectivity index (χ4n) is 1.90. The molecule has 0 saturated heterocycles. The Morgan fingerprint density at radius 3 is 1.95 bits per heavy atom. The van der Waals surface area contributed by atoms with E-state index in [1.165, 1.54) is 5.39 Å². The van der Waals surface area contributed by atoms with Crippen molar-refractivity contribution in [2.75, 3.05) is 5.73 Å². The number of nitrogens with two attached hydrogens (primary N) is 1. The van der Waals surface area contributed by atoms with Crippen molar-refractivity contribution in [3.8, 4) is 0 Å². The molecule has 0 fully saturated rings. The number of azo groups is 1. The molecule has 0 spiro atoms. The number of fused-ring (bicyclic) bond motifs is 1. The van der Waals surface area contributed by atoms with Crippen LogP contribution in [-0.2, 0) is 0 Å². The zero-order valence-corrected chi connectivity index (χ0v) is 12.3. The molecule has 0 amide bonds. The van der Waals surface area contributed by atoms with Gasteiger partial charge in [0.15, 0.2) is 0 Å². The lowest BCUT2D eigenvalue weighted by molar-refractivity contribution is 1.24. The highest BCUT2D eigenvalue weighted by Crippen LogP contribution is 2.23. The summed E-state index contributed by atoms with van der Waals surface area (Å²) in [5.41, 5.74) is 7.99. The van der Waals surface area contributed by atoms with Crippen LogP contribution in [0.3, 0.4) is 0 Å². The Morgan fingerprint density at radius 1 is 0.667 bits per heavy atom. The number of nitrogen functional groups attached to an aromatic ring is 1. The SMILES string of the molecule is CC.Nc1ccc(N=Nc2ccc3ccccc3c2)cc1. The highest BCUT2D eigenvalue weighted by Gasteiger charge is 1.95. The Labute approximate surface area is 125 Å². The summed E-state index contributed by atoms with van der Waals surface area (Å²) < 4.78 is 0. The zero-order chi connectivity index (χ0) is 15.1. The fraction of sp³-hybridized carbons (Fsp3) is 0.111. The second-order valence-corrected chi connectivity index (χ2v) is 4.32. The quantitative estimate of drug-likeness (QED) is 0.462. The van der Waals surface area contributed by atoms with Crippen LogP contribution in [0.2, 0.25) is 0 Å². The number of anilines is 1. The van der Waals surface area contributed by atoms with Crippen LogP contribution in [-0.4, -0.2) is 0 Å². The molecule has 2 N–H and O–H groups in total. The molecule has 3 heteroatoms. The van der Waals surface area contributed by atoms with Crippen LogP contribution in [0.5, 0.6) is 0 Å². The van der Waals surface area contributed by atoms with Crippen LogP contribution in [0.1, 0.15) is 13.8 Å². The van der Waals surface area contributed by atoms with E-state index in [0.717, 1.165) is 22.4 Å². The Hall–Kier alpha value is -2.68. The zero-order valence-electron chi connectivity index (χ0n) is 12.3. The van der Waals surface area contributed by atoms with Crippen molar-refractivity contribution in [2.24, 2.45) is 10.2 Å². The van der Waals surface area contributed by atoms with Crippen molar-refractivity contribution in [1.29, 1.82) is 0 Å². The first kappa shape index (κ1) is 14.7. The summed E-state index contributed by atoms with van der Waals surface area (Å²) in [4.78, 5) is 0. The van der Waals surface area contributed by atoms with Gasteiger partial charge in [-0.1, -0.05) is 44.2 Å². The molecule has 3 aromatic rings. The van der Waals surface area contributed by atoms with Crippen LogP contribution in [0.15, 0.2) is 77.0 Å². The van der Waals surface area contributed by atoms with Gasteiger partial charge in [0.1, 0.15) is 0 Å². The first-order chi connectivity index (χ1) is 10.3. The van der Waals surface area contributed by atoms with Gasteiger partial charge >= 0.3 is 0 Å². The second kappa shape index (κ2) is 7.20. The summed E-state index contributed by atoms with van der Waals surface area (Å²) in [6, 6.07) is 21.5. The van der Waals surface area contributed by atoms with Gasteiger partial charge in [0.25, 0.3) is 0 Å². The molecular formula is C18H19N3. The molecule has 0 aliphatic rings. The molecule has 3 nitrogen and oxygen atoms in total. The van der Waals surface area contributed by atoms with Crippen LogP contribution in [0.4, 0.5) is 17.1 Å². The fourth-order valence-corrected chi connectivity index (χ4v) is 1.90. The molecule has 106 valence electrons. The predicted octanol–water partition coefficient (Wildman–Crippen LogP) is 5.86. The number of rotatable bonds is 2. The molecule has 0 heterocycles. The molecule has 0 radical (unpaired) electrons. The van der Waals surface area contributed by atoms with E-state index >= 15 is 0 Å². The predicted molar refractivity (Wildman–Crippen MR) is 90.3 cm³/mol. The minimum absolute atomic E-state index is 0.727. The van der Waals surface area contributed by atoms with Crippen LogP contribution < -0.4 is 5.73 Å². The largest absolute Gasteiger partial charge is 0.399 e. The average Bonchev–Trinajstić information content (AvgIpc) is 2.56. The van der Waals surface area contributed by atoms with E-state index in [4.69, 9.17) is 5.73 Å². The van der Waals surface area contributed by atoms with Crippen LogP contribution >= 0.6 is 0 Å². The van der Waals surface area contributed by atoms with Gasteiger partial charge in [-0.05, 0) is 47.2 Å². The third-order valence-electron chi connectivity index (χ3n) is 2.91. The van der Waals surface area contributed by atoms with Crippen molar-refractivity contribution in [3.63, 3.8) is 0 Å². The Balaban J connectivity index is 0.000000774. The maximum absolute atomic E-state index is 5.62.